The number of rotatable bonds is 6. The summed E-state index contributed by atoms with van der Waals surface area (Å²) in [4.78, 5) is 20.0. The molecule has 5 rings (SSSR count). The van der Waals surface area contributed by atoms with Crippen LogP contribution < -0.4 is 0 Å². The van der Waals surface area contributed by atoms with E-state index in [9.17, 15) is 4.79 Å². The quantitative estimate of drug-likeness (QED) is 0.595. The highest BCUT2D eigenvalue weighted by molar-refractivity contribution is 5.96. The molecule has 0 N–H and O–H groups in total. The second-order valence-corrected chi connectivity index (χ2v) is 8.60. The summed E-state index contributed by atoms with van der Waals surface area (Å²) in [6, 6.07) is 12.3. The Balaban J connectivity index is 1.41. The number of aromatic nitrogens is 2. The van der Waals surface area contributed by atoms with Crippen LogP contribution in [0.1, 0.15) is 65.4 Å². The third-order valence-corrected chi connectivity index (χ3v) is 6.27. The minimum atomic E-state index is 0.0838. The third-order valence-electron chi connectivity index (χ3n) is 6.27. The normalized spacial score (nSPS) is 20.7. The molecule has 2 aliphatic carbocycles. The number of hydrogen-bond acceptors (Lipinski definition) is 3. The number of nitrogens with zero attached hydrogens (tertiary/aromatic N) is 3. The van der Waals surface area contributed by atoms with Crippen molar-refractivity contribution in [2.75, 3.05) is 0 Å². The van der Waals surface area contributed by atoms with Crippen molar-refractivity contribution < 1.29 is 9.21 Å². The first-order chi connectivity index (χ1) is 14.0. The van der Waals surface area contributed by atoms with Crippen molar-refractivity contribution in [1.82, 2.24) is 14.5 Å². The van der Waals surface area contributed by atoms with Gasteiger partial charge in [0.05, 0.1) is 12.1 Å². The Morgan fingerprint density at radius 3 is 2.69 bits per heavy atom. The van der Waals surface area contributed by atoms with Crippen molar-refractivity contribution in [1.29, 1.82) is 0 Å². The lowest BCUT2D eigenvalue weighted by molar-refractivity contribution is 0.0716. The largest absolute Gasteiger partial charge is 0.464 e. The molecule has 2 fully saturated rings. The molecule has 0 aliphatic heterocycles. The van der Waals surface area contributed by atoms with Gasteiger partial charge in [-0.15, -0.1) is 0 Å². The molecule has 2 unspecified atom stereocenters. The van der Waals surface area contributed by atoms with Crippen LogP contribution in [0.3, 0.4) is 0 Å². The average Bonchev–Trinajstić information content (AvgIpc) is 3.62. The fourth-order valence-corrected chi connectivity index (χ4v) is 4.29. The lowest BCUT2D eigenvalue weighted by Gasteiger charge is -2.21. The van der Waals surface area contributed by atoms with Gasteiger partial charge in [-0.3, -0.25) is 4.79 Å². The molecule has 0 bridgehead atoms. The van der Waals surface area contributed by atoms with Crippen LogP contribution in [-0.2, 0) is 6.54 Å². The first-order valence-electron chi connectivity index (χ1n) is 10.5. The van der Waals surface area contributed by atoms with Gasteiger partial charge in [0, 0.05) is 29.5 Å². The fourth-order valence-electron chi connectivity index (χ4n) is 4.29. The van der Waals surface area contributed by atoms with Gasteiger partial charge < -0.3 is 13.9 Å². The van der Waals surface area contributed by atoms with Crippen LogP contribution >= 0.6 is 0 Å². The summed E-state index contributed by atoms with van der Waals surface area (Å²) in [7, 11) is 0. The first kappa shape index (κ1) is 18.2. The lowest BCUT2D eigenvalue weighted by Crippen LogP contribution is -2.32. The van der Waals surface area contributed by atoms with E-state index < -0.39 is 0 Å². The van der Waals surface area contributed by atoms with Crippen molar-refractivity contribution >= 4 is 5.91 Å². The molecular formula is C24H27N3O2. The molecule has 3 aromatic heterocycles. The molecule has 2 atom stereocenters. The van der Waals surface area contributed by atoms with Gasteiger partial charge in [0.2, 0.25) is 0 Å². The Labute approximate surface area is 171 Å². The number of carbonyl (C=O) groups excluding carboxylic acids is 1. The summed E-state index contributed by atoms with van der Waals surface area (Å²) in [5.74, 6) is 4.16. The van der Waals surface area contributed by atoms with Crippen LogP contribution in [0.25, 0.3) is 5.82 Å². The number of pyridine rings is 1. The molecule has 5 heteroatoms. The standard InChI is InChI=1S/C24H27N3O2/c1-15-12-20(15)22-10-9-19(29-22)14-26(18-7-8-18)24(28)21-13-16(2)27(17(21)3)23-6-4-5-11-25-23/h4-6,9-11,13,15,18,20H,7-8,12,14H2,1-3H3. The predicted molar refractivity (Wildman–Crippen MR) is 111 cm³/mol. The molecule has 3 heterocycles. The van der Waals surface area contributed by atoms with E-state index in [-0.39, 0.29) is 5.91 Å². The molecule has 0 aromatic carbocycles. The minimum Gasteiger partial charge on any atom is -0.464 e. The summed E-state index contributed by atoms with van der Waals surface area (Å²) >= 11 is 0. The molecule has 2 aliphatic rings. The smallest absolute Gasteiger partial charge is 0.256 e. The van der Waals surface area contributed by atoms with Gasteiger partial charge in [-0.1, -0.05) is 13.0 Å². The fraction of sp³-hybridized carbons (Fsp3) is 0.417. The second kappa shape index (κ2) is 6.90. The maximum absolute atomic E-state index is 13.5. The number of amides is 1. The van der Waals surface area contributed by atoms with Crippen LogP contribution in [-0.4, -0.2) is 26.4 Å². The number of carbonyl (C=O) groups is 1. The highest BCUT2D eigenvalue weighted by Crippen LogP contribution is 2.47. The van der Waals surface area contributed by atoms with E-state index >= 15 is 0 Å². The zero-order chi connectivity index (χ0) is 20.1. The average molecular weight is 389 g/mol. The molecule has 29 heavy (non-hydrogen) atoms. The summed E-state index contributed by atoms with van der Waals surface area (Å²) in [5, 5.41) is 0. The summed E-state index contributed by atoms with van der Waals surface area (Å²) in [5.41, 5.74) is 2.70. The summed E-state index contributed by atoms with van der Waals surface area (Å²) < 4.78 is 8.15. The lowest BCUT2D eigenvalue weighted by atomic mass is 10.2. The van der Waals surface area contributed by atoms with E-state index in [0.717, 1.165) is 47.1 Å². The van der Waals surface area contributed by atoms with E-state index in [1.807, 2.05) is 49.1 Å². The zero-order valence-corrected chi connectivity index (χ0v) is 17.3. The Morgan fingerprint density at radius 1 is 1.24 bits per heavy atom. The molecule has 2 saturated carbocycles. The predicted octanol–water partition coefficient (Wildman–Crippen LogP) is 5.01. The van der Waals surface area contributed by atoms with E-state index in [0.29, 0.717) is 24.4 Å². The first-order valence-corrected chi connectivity index (χ1v) is 10.5. The number of aryl methyl sites for hydroxylation is 1. The highest BCUT2D eigenvalue weighted by Gasteiger charge is 2.38. The zero-order valence-electron chi connectivity index (χ0n) is 17.3. The Kier molecular flexibility index (Phi) is 4.34. The van der Waals surface area contributed by atoms with Crippen LogP contribution in [0.4, 0.5) is 0 Å². The van der Waals surface area contributed by atoms with Crippen LogP contribution in [0, 0.1) is 19.8 Å². The second-order valence-electron chi connectivity index (χ2n) is 8.60. The minimum absolute atomic E-state index is 0.0838. The van der Waals surface area contributed by atoms with E-state index in [1.165, 1.54) is 6.42 Å². The molecule has 0 saturated heterocycles. The van der Waals surface area contributed by atoms with E-state index in [1.54, 1.807) is 6.20 Å². The van der Waals surface area contributed by atoms with Gasteiger partial charge in [0.25, 0.3) is 5.91 Å². The van der Waals surface area contributed by atoms with Crippen LogP contribution in [0.2, 0.25) is 0 Å². The number of hydrogen-bond donors (Lipinski definition) is 0. The van der Waals surface area contributed by atoms with Crippen molar-refractivity contribution in [3.63, 3.8) is 0 Å². The molecule has 0 spiro atoms. The van der Waals surface area contributed by atoms with E-state index in [4.69, 9.17) is 4.42 Å². The molecule has 0 radical (unpaired) electrons. The molecular weight excluding hydrogens is 362 g/mol. The highest BCUT2D eigenvalue weighted by atomic mass is 16.3. The summed E-state index contributed by atoms with van der Waals surface area (Å²) in [6.45, 7) is 6.82. The maximum Gasteiger partial charge on any atom is 0.256 e. The van der Waals surface area contributed by atoms with Crippen molar-refractivity contribution in [3.8, 4) is 5.82 Å². The molecule has 5 nitrogen and oxygen atoms in total. The van der Waals surface area contributed by atoms with Gasteiger partial charge in [-0.25, -0.2) is 4.98 Å². The monoisotopic (exact) mass is 389 g/mol. The molecule has 150 valence electrons. The van der Waals surface area contributed by atoms with Crippen molar-refractivity contribution in [3.05, 3.63) is 71.1 Å². The number of furan rings is 1. The molecule has 3 aromatic rings. The Morgan fingerprint density at radius 2 is 2.03 bits per heavy atom. The van der Waals surface area contributed by atoms with Crippen LogP contribution in [0.5, 0.6) is 0 Å². The Bertz CT molecular complexity index is 1050. The van der Waals surface area contributed by atoms with Crippen LogP contribution in [0.15, 0.2) is 47.0 Å². The van der Waals surface area contributed by atoms with E-state index in [2.05, 4.69) is 22.5 Å². The van der Waals surface area contributed by atoms with Gasteiger partial charge in [-0.05, 0) is 69.4 Å². The van der Waals surface area contributed by atoms with Gasteiger partial charge in [-0.2, -0.15) is 0 Å². The van der Waals surface area contributed by atoms with Gasteiger partial charge in [0.15, 0.2) is 0 Å². The molecule has 1 amide bonds. The maximum atomic E-state index is 13.5. The topological polar surface area (TPSA) is 51.3 Å². The Hall–Kier alpha value is -2.82. The SMILES string of the molecule is Cc1cc(C(=O)N(Cc2ccc(C3CC3C)o2)C2CC2)c(C)n1-c1ccccn1. The van der Waals surface area contributed by atoms with Crippen molar-refractivity contribution in [2.45, 2.75) is 58.5 Å². The third kappa shape index (κ3) is 3.39. The van der Waals surface area contributed by atoms with Gasteiger partial charge in [0.1, 0.15) is 17.3 Å². The summed E-state index contributed by atoms with van der Waals surface area (Å²) in [6.07, 6.45) is 5.12. The van der Waals surface area contributed by atoms with Gasteiger partial charge >= 0.3 is 0 Å². The van der Waals surface area contributed by atoms with Crippen molar-refractivity contribution in [2.24, 2.45) is 5.92 Å².